The molecule has 0 radical (unpaired) electrons. The van der Waals surface area contributed by atoms with E-state index in [-0.39, 0.29) is 0 Å². The molecule has 0 aromatic heterocycles. The molecule has 0 aliphatic rings. The van der Waals surface area contributed by atoms with Crippen molar-refractivity contribution in [1.82, 2.24) is 10.2 Å². The Morgan fingerprint density at radius 3 is 2.42 bits per heavy atom. The Kier molecular flexibility index (Phi) is 4.83. The molecule has 3 amide bonds. The van der Waals surface area contributed by atoms with Crippen molar-refractivity contribution in [3.8, 4) is 0 Å². The zero-order valence-electron chi connectivity index (χ0n) is 7.59. The predicted octanol–water partition coefficient (Wildman–Crippen LogP) is 0.804. The van der Waals surface area contributed by atoms with Gasteiger partial charge in [0.05, 0.1) is 6.61 Å². The Balaban J connectivity index is 3.62. The number of imide groups is 1. The summed E-state index contributed by atoms with van der Waals surface area (Å²) in [5.74, 6) is 0. The number of urea groups is 1. The first-order valence-electron chi connectivity index (χ1n) is 3.73. The highest BCUT2D eigenvalue weighted by molar-refractivity contribution is 5.90. The van der Waals surface area contributed by atoms with Crippen molar-refractivity contribution >= 4 is 12.1 Å². The summed E-state index contributed by atoms with van der Waals surface area (Å²) >= 11 is 0. The van der Waals surface area contributed by atoms with E-state index in [4.69, 9.17) is 0 Å². The lowest BCUT2D eigenvalue weighted by atomic mass is 10.5. The molecule has 0 rings (SSSR count). The van der Waals surface area contributed by atoms with Crippen LogP contribution in [0.3, 0.4) is 0 Å². The fourth-order valence-electron chi connectivity index (χ4n) is 0.430. The number of alkyl carbamates (subject to hydrolysis) is 1. The summed E-state index contributed by atoms with van der Waals surface area (Å²) in [5, 5.41) is 2.04. The molecular formula is C7H14N2O3. The standard InChI is InChI=1S/C7H14N2O3/c1-4-5-12-7(11)8-6(10)9(2)3/h4-5H2,1-3H3,(H,8,10,11). The van der Waals surface area contributed by atoms with E-state index in [1.54, 1.807) is 14.1 Å². The molecule has 0 saturated heterocycles. The van der Waals surface area contributed by atoms with Gasteiger partial charge in [-0.25, -0.2) is 14.9 Å². The van der Waals surface area contributed by atoms with Crippen molar-refractivity contribution in [3.05, 3.63) is 0 Å². The van der Waals surface area contributed by atoms with Crippen LogP contribution in [0, 0.1) is 0 Å². The lowest BCUT2D eigenvalue weighted by Gasteiger charge is -2.10. The van der Waals surface area contributed by atoms with Gasteiger partial charge in [-0.2, -0.15) is 0 Å². The van der Waals surface area contributed by atoms with Crippen LogP contribution in [-0.2, 0) is 4.74 Å². The minimum absolute atomic E-state index is 0.326. The van der Waals surface area contributed by atoms with E-state index < -0.39 is 12.1 Å². The number of ether oxygens (including phenoxy) is 1. The molecule has 0 saturated carbocycles. The minimum Gasteiger partial charge on any atom is -0.449 e. The Bertz CT molecular complexity index is 168. The van der Waals surface area contributed by atoms with Gasteiger partial charge < -0.3 is 9.64 Å². The van der Waals surface area contributed by atoms with E-state index in [0.717, 1.165) is 6.42 Å². The molecule has 0 unspecified atom stereocenters. The van der Waals surface area contributed by atoms with Crippen LogP contribution < -0.4 is 5.32 Å². The van der Waals surface area contributed by atoms with E-state index >= 15 is 0 Å². The summed E-state index contributed by atoms with van der Waals surface area (Å²) in [7, 11) is 3.09. The molecule has 0 heterocycles. The van der Waals surface area contributed by atoms with Crippen molar-refractivity contribution in [1.29, 1.82) is 0 Å². The maximum Gasteiger partial charge on any atom is 0.415 e. The molecule has 0 aliphatic carbocycles. The summed E-state index contributed by atoms with van der Waals surface area (Å²) in [6.07, 6.45) is 0.0411. The van der Waals surface area contributed by atoms with Gasteiger partial charge in [0.2, 0.25) is 0 Å². The zero-order chi connectivity index (χ0) is 9.56. The molecule has 0 aliphatic heterocycles. The molecular weight excluding hydrogens is 160 g/mol. The molecule has 1 N–H and O–H groups in total. The average Bonchev–Trinajstić information content (AvgIpc) is 2.00. The fraction of sp³-hybridized carbons (Fsp3) is 0.714. The largest absolute Gasteiger partial charge is 0.449 e. The van der Waals surface area contributed by atoms with Crippen molar-refractivity contribution in [3.63, 3.8) is 0 Å². The Hall–Kier alpha value is -1.26. The van der Waals surface area contributed by atoms with Crippen LogP contribution in [0.5, 0.6) is 0 Å². The third kappa shape index (κ3) is 4.54. The first-order valence-corrected chi connectivity index (χ1v) is 3.73. The van der Waals surface area contributed by atoms with Crippen LogP contribution in [0.1, 0.15) is 13.3 Å². The van der Waals surface area contributed by atoms with E-state index in [1.165, 1.54) is 4.90 Å². The van der Waals surface area contributed by atoms with Crippen molar-refractivity contribution in [2.75, 3.05) is 20.7 Å². The van der Waals surface area contributed by atoms with Crippen LogP contribution in [0.25, 0.3) is 0 Å². The first kappa shape index (κ1) is 10.7. The van der Waals surface area contributed by atoms with Gasteiger partial charge in [-0.05, 0) is 6.42 Å². The Labute approximate surface area is 71.7 Å². The third-order valence-corrected chi connectivity index (χ3v) is 1.05. The van der Waals surface area contributed by atoms with Crippen molar-refractivity contribution < 1.29 is 14.3 Å². The topological polar surface area (TPSA) is 58.6 Å². The summed E-state index contributed by atoms with van der Waals surface area (Å²) in [6.45, 7) is 2.20. The number of nitrogens with one attached hydrogen (secondary N) is 1. The van der Waals surface area contributed by atoms with E-state index in [0.29, 0.717) is 6.61 Å². The maximum absolute atomic E-state index is 10.8. The molecule has 0 bridgehead atoms. The molecule has 0 fully saturated rings. The van der Waals surface area contributed by atoms with Crippen LogP contribution in [-0.4, -0.2) is 37.7 Å². The highest BCUT2D eigenvalue weighted by Crippen LogP contribution is 1.83. The highest BCUT2D eigenvalue weighted by Gasteiger charge is 2.08. The van der Waals surface area contributed by atoms with Gasteiger partial charge in [-0.1, -0.05) is 6.92 Å². The maximum atomic E-state index is 10.8. The van der Waals surface area contributed by atoms with Gasteiger partial charge in [0.25, 0.3) is 0 Å². The average molecular weight is 174 g/mol. The molecule has 5 nitrogen and oxygen atoms in total. The third-order valence-electron chi connectivity index (χ3n) is 1.05. The van der Waals surface area contributed by atoms with Crippen LogP contribution in [0.4, 0.5) is 9.59 Å². The Morgan fingerprint density at radius 2 is 2.00 bits per heavy atom. The quantitative estimate of drug-likeness (QED) is 0.673. The van der Waals surface area contributed by atoms with Crippen LogP contribution >= 0.6 is 0 Å². The van der Waals surface area contributed by atoms with Gasteiger partial charge in [-0.3, -0.25) is 0 Å². The number of nitrogens with zero attached hydrogens (tertiary/aromatic N) is 1. The number of hydrogen-bond acceptors (Lipinski definition) is 3. The fourth-order valence-corrected chi connectivity index (χ4v) is 0.430. The lowest BCUT2D eigenvalue weighted by molar-refractivity contribution is 0.144. The second-order valence-electron chi connectivity index (χ2n) is 2.46. The van der Waals surface area contributed by atoms with E-state index in [1.807, 2.05) is 12.2 Å². The highest BCUT2D eigenvalue weighted by atomic mass is 16.5. The van der Waals surface area contributed by atoms with Gasteiger partial charge in [0.15, 0.2) is 0 Å². The second-order valence-corrected chi connectivity index (χ2v) is 2.46. The second kappa shape index (κ2) is 5.40. The number of hydrogen-bond donors (Lipinski definition) is 1. The summed E-state index contributed by atoms with van der Waals surface area (Å²) in [4.78, 5) is 22.8. The lowest BCUT2D eigenvalue weighted by Crippen LogP contribution is -2.38. The smallest absolute Gasteiger partial charge is 0.415 e. The SMILES string of the molecule is CCCOC(=O)NC(=O)N(C)C. The van der Waals surface area contributed by atoms with Crippen LogP contribution in [0.15, 0.2) is 0 Å². The van der Waals surface area contributed by atoms with Gasteiger partial charge in [-0.15, -0.1) is 0 Å². The van der Waals surface area contributed by atoms with Gasteiger partial charge in [0.1, 0.15) is 0 Å². The normalized spacial score (nSPS) is 8.92. The molecule has 0 aromatic carbocycles. The molecule has 12 heavy (non-hydrogen) atoms. The zero-order valence-corrected chi connectivity index (χ0v) is 7.59. The number of carbonyl (C=O) groups is 2. The molecule has 0 aromatic rings. The van der Waals surface area contributed by atoms with Gasteiger partial charge in [0, 0.05) is 14.1 Å². The van der Waals surface area contributed by atoms with E-state index in [2.05, 4.69) is 4.74 Å². The molecule has 70 valence electrons. The number of carbonyl (C=O) groups excluding carboxylic acids is 2. The van der Waals surface area contributed by atoms with E-state index in [9.17, 15) is 9.59 Å². The molecule has 0 atom stereocenters. The first-order chi connectivity index (χ1) is 5.57. The van der Waals surface area contributed by atoms with Gasteiger partial charge >= 0.3 is 12.1 Å². The Morgan fingerprint density at radius 1 is 1.42 bits per heavy atom. The minimum atomic E-state index is -0.699. The molecule has 5 heteroatoms. The number of amides is 3. The van der Waals surface area contributed by atoms with Crippen molar-refractivity contribution in [2.24, 2.45) is 0 Å². The number of rotatable bonds is 2. The summed E-state index contributed by atoms with van der Waals surface area (Å²) < 4.78 is 4.61. The summed E-state index contributed by atoms with van der Waals surface area (Å²) in [6, 6.07) is -0.476. The van der Waals surface area contributed by atoms with Crippen LogP contribution in [0.2, 0.25) is 0 Å². The van der Waals surface area contributed by atoms with Crippen molar-refractivity contribution in [2.45, 2.75) is 13.3 Å². The summed E-state index contributed by atoms with van der Waals surface area (Å²) in [5.41, 5.74) is 0. The predicted molar refractivity (Wildman–Crippen MR) is 43.9 cm³/mol. The monoisotopic (exact) mass is 174 g/mol. The molecule has 0 spiro atoms.